The van der Waals surface area contributed by atoms with E-state index >= 15 is 0 Å². The summed E-state index contributed by atoms with van der Waals surface area (Å²) in [5.41, 5.74) is 6.35. The molecule has 1 aliphatic heterocycles. The number of nitrogens with zero attached hydrogens (tertiary/aromatic N) is 2. The summed E-state index contributed by atoms with van der Waals surface area (Å²) >= 11 is 0. The van der Waals surface area contributed by atoms with Gasteiger partial charge in [0.05, 0.1) is 18.2 Å². The fourth-order valence-electron chi connectivity index (χ4n) is 2.17. The molecule has 0 aromatic carbocycles. The maximum absolute atomic E-state index is 12.0. The van der Waals surface area contributed by atoms with Gasteiger partial charge in [-0.05, 0) is 32.8 Å². The highest BCUT2D eigenvalue weighted by Crippen LogP contribution is 2.20. The normalized spacial score (nSPS) is 23.8. The van der Waals surface area contributed by atoms with Crippen LogP contribution < -0.4 is 5.73 Å². The van der Waals surface area contributed by atoms with Crippen molar-refractivity contribution in [1.82, 2.24) is 9.78 Å². The zero-order chi connectivity index (χ0) is 13.1. The summed E-state index contributed by atoms with van der Waals surface area (Å²) < 4.78 is 7.45. The minimum atomic E-state index is -0.289. The van der Waals surface area contributed by atoms with Crippen LogP contribution in [0.5, 0.6) is 0 Å². The quantitative estimate of drug-likeness (QED) is 0.850. The zero-order valence-corrected chi connectivity index (χ0v) is 11.0. The van der Waals surface area contributed by atoms with Gasteiger partial charge in [-0.3, -0.25) is 9.48 Å². The number of nitrogens with two attached hydrogens (primary N) is 1. The summed E-state index contributed by atoms with van der Waals surface area (Å²) in [5.74, 6) is 0.111. The van der Waals surface area contributed by atoms with E-state index in [1.165, 1.54) is 0 Å². The Morgan fingerprint density at radius 1 is 1.61 bits per heavy atom. The Hall–Kier alpha value is -1.20. The minimum absolute atomic E-state index is 0.0483. The average Bonchev–Trinajstić information content (AvgIpc) is 2.96. The molecule has 100 valence electrons. The number of carbonyl (C=O) groups is 1. The van der Waals surface area contributed by atoms with Gasteiger partial charge in [-0.2, -0.15) is 5.10 Å². The van der Waals surface area contributed by atoms with Gasteiger partial charge < -0.3 is 10.5 Å². The molecule has 1 fully saturated rings. The molecule has 0 aliphatic carbocycles. The lowest BCUT2D eigenvalue weighted by molar-refractivity contribution is -0.129. The van der Waals surface area contributed by atoms with Crippen molar-refractivity contribution in [3.63, 3.8) is 0 Å². The molecule has 5 nitrogen and oxygen atoms in total. The van der Waals surface area contributed by atoms with E-state index in [-0.39, 0.29) is 18.0 Å². The molecule has 1 aromatic rings. The van der Waals surface area contributed by atoms with Gasteiger partial charge in [0, 0.05) is 18.8 Å². The molecule has 1 aliphatic rings. The minimum Gasteiger partial charge on any atom is -0.366 e. The van der Waals surface area contributed by atoms with E-state index in [0.29, 0.717) is 19.0 Å². The Bertz CT molecular complexity index is 414. The second-order valence-corrected chi connectivity index (χ2v) is 5.08. The van der Waals surface area contributed by atoms with Gasteiger partial charge >= 0.3 is 0 Å². The summed E-state index contributed by atoms with van der Waals surface area (Å²) in [6, 6.07) is 2.21. The van der Waals surface area contributed by atoms with Crippen LogP contribution in [0.25, 0.3) is 0 Å². The molecular formula is C13H21N3O2. The monoisotopic (exact) mass is 251 g/mol. The van der Waals surface area contributed by atoms with Crippen molar-refractivity contribution in [3.8, 4) is 0 Å². The molecule has 0 saturated carbocycles. The van der Waals surface area contributed by atoms with Crippen molar-refractivity contribution in [3.05, 3.63) is 18.0 Å². The lowest BCUT2D eigenvalue weighted by atomic mass is 10.1. The molecule has 2 unspecified atom stereocenters. The summed E-state index contributed by atoms with van der Waals surface area (Å²) in [5, 5.41) is 4.38. The first-order valence-electron chi connectivity index (χ1n) is 6.52. The largest absolute Gasteiger partial charge is 0.366 e. The fraction of sp³-hybridized carbons (Fsp3) is 0.692. The van der Waals surface area contributed by atoms with Crippen LogP contribution in [0.15, 0.2) is 12.3 Å². The second kappa shape index (κ2) is 5.63. The predicted octanol–water partition coefficient (Wildman–Crippen LogP) is 1.08. The number of hydrogen-bond acceptors (Lipinski definition) is 4. The number of hydrogen-bond donors (Lipinski definition) is 1. The summed E-state index contributed by atoms with van der Waals surface area (Å²) in [4.78, 5) is 12.0. The zero-order valence-electron chi connectivity index (χ0n) is 11.0. The van der Waals surface area contributed by atoms with Crippen LogP contribution in [0.4, 0.5) is 0 Å². The first-order chi connectivity index (χ1) is 8.60. The summed E-state index contributed by atoms with van der Waals surface area (Å²) in [6.07, 6.45) is 3.68. The van der Waals surface area contributed by atoms with E-state index in [4.69, 9.17) is 10.5 Å². The van der Waals surface area contributed by atoms with Gasteiger partial charge in [0.15, 0.2) is 5.78 Å². The molecule has 1 saturated heterocycles. The van der Waals surface area contributed by atoms with Crippen molar-refractivity contribution in [2.24, 2.45) is 5.73 Å². The summed E-state index contributed by atoms with van der Waals surface area (Å²) in [6.45, 7) is 4.61. The smallest absolute Gasteiger partial charge is 0.167 e. The highest BCUT2D eigenvalue weighted by Gasteiger charge is 2.29. The van der Waals surface area contributed by atoms with E-state index in [0.717, 1.165) is 18.5 Å². The van der Waals surface area contributed by atoms with Crippen molar-refractivity contribution in [2.45, 2.75) is 51.4 Å². The molecular weight excluding hydrogens is 230 g/mol. The Kier molecular flexibility index (Phi) is 4.14. The van der Waals surface area contributed by atoms with Crippen LogP contribution in [0, 0.1) is 0 Å². The van der Waals surface area contributed by atoms with Gasteiger partial charge in [-0.25, -0.2) is 0 Å². The molecule has 2 rings (SSSR count). The van der Waals surface area contributed by atoms with E-state index in [2.05, 4.69) is 18.9 Å². The van der Waals surface area contributed by atoms with E-state index < -0.39 is 0 Å². The number of ether oxygens (including phenoxy) is 1. The molecule has 2 N–H and O–H groups in total. The molecule has 5 heteroatoms. The van der Waals surface area contributed by atoms with Crippen molar-refractivity contribution >= 4 is 5.78 Å². The van der Waals surface area contributed by atoms with Gasteiger partial charge in [-0.1, -0.05) is 0 Å². The highest BCUT2D eigenvalue weighted by molar-refractivity contribution is 5.85. The van der Waals surface area contributed by atoms with Crippen LogP contribution >= 0.6 is 0 Å². The second-order valence-electron chi connectivity index (χ2n) is 5.08. The lowest BCUT2D eigenvalue weighted by Gasteiger charge is -2.10. The Morgan fingerprint density at radius 3 is 2.94 bits per heavy atom. The van der Waals surface area contributed by atoms with Crippen LogP contribution in [0.3, 0.4) is 0 Å². The fourth-order valence-corrected chi connectivity index (χ4v) is 2.17. The molecule has 2 heterocycles. The maximum atomic E-state index is 12.0. The van der Waals surface area contributed by atoms with Crippen LogP contribution in [-0.4, -0.2) is 34.3 Å². The summed E-state index contributed by atoms with van der Waals surface area (Å²) in [7, 11) is 0. The Labute approximate surface area is 107 Å². The van der Waals surface area contributed by atoms with Gasteiger partial charge in [0.25, 0.3) is 0 Å². The van der Waals surface area contributed by atoms with Crippen LogP contribution in [0.1, 0.15) is 38.4 Å². The predicted molar refractivity (Wildman–Crippen MR) is 68.3 cm³/mol. The molecule has 18 heavy (non-hydrogen) atoms. The average molecular weight is 251 g/mol. The molecule has 0 amide bonds. The number of carbonyl (C=O) groups excluding carboxylic acids is 1. The number of rotatable bonds is 5. The molecule has 0 bridgehead atoms. The van der Waals surface area contributed by atoms with Gasteiger partial charge in [0.1, 0.15) is 6.10 Å². The van der Waals surface area contributed by atoms with Gasteiger partial charge in [0.2, 0.25) is 0 Å². The van der Waals surface area contributed by atoms with Crippen molar-refractivity contribution in [2.75, 3.05) is 6.54 Å². The maximum Gasteiger partial charge on any atom is 0.167 e. The van der Waals surface area contributed by atoms with E-state index in [1.54, 1.807) is 0 Å². The topological polar surface area (TPSA) is 70.1 Å². The standard InChI is InChI=1S/C13H21N3O2/c1-9(2)16-6-5-10(15-16)7-12(17)13-4-3-11(8-14)18-13/h5-6,9,11,13H,3-4,7-8,14H2,1-2H3. The van der Waals surface area contributed by atoms with Crippen molar-refractivity contribution < 1.29 is 9.53 Å². The third-order valence-electron chi connectivity index (χ3n) is 3.28. The first kappa shape index (κ1) is 13.2. The molecule has 0 spiro atoms. The van der Waals surface area contributed by atoms with Crippen molar-refractivity contribution in [1.29, 1.82) is 0 Å². The van der Waals surface area contributed by atoms with Gasteiger partial charge in [-0.15, -0.1) is 0 Å². The Morgan fingerprint density at radius 2 is 2.39 bits per heavy atom. The lowest BCUT2D eigenvalue weighted by Crippen LogP contribution is -2.26. The van der Waals surface area contributed by atoms with E-state index in [1.807, 2.05) is 16.9 Å². The SMILES string of the molecule is CC(C)n1ccc(CC(=O)C2CCC(CN)O2)n1. The van der Waals surface area contributed by atoms with Crippen LogP contribution in [-0.2, 0) is 16.0 Å². The molecule has 0 radical (unpaired) electrons. The number of Topliss-reactive ketones (excluding diaryl/α,β-unsaturated/α-hetero) is 1. The molecule has 1 aromatic heterocycles. The first-order valence-corrected chi connectivity index (χ1v) is 6.52. The van der Waals surface area contributed by atoms with E-state index in [9.17, 15) is 4.79 Å². The highest BCUT2D eigenvalue weighted by atomic mass is 16.5. The third-order valence-corrected chi connectivity index (χ3v) is 3.28. The molecule has 2 atom stereocenters. The Balaban J connectivity index is 1.91. The number of ketones is 1. The number of aromatic nitrogens is 2. The van der Waals surface area contributed by atoms with Crippen LogP contribution in [0.2, 0.25) is 0 Å². The third kappa shape index (κ3) is 2.97.